The molecule has 16 heavy (non-hydrogen) atoms. The first-order valence-electron chi connectivity index (χ1n) is 4.86. The maximum atomic E-state index is 11.9. The molecule has 1 heterocycles. The van der Waals surface area contributed by atoms with Gasteiger partial charge in [-0.15, -0.1) is 0 Å². The molecule has 1 aromatic rings. The summed E-state index contributed by atoms with van der Waals surface area (Å²) in [7, 11) is 0. The first kappa shape index (κ1) is 11.9. The number of rotatable bonds is 1. The molecule has 1 aliphatic heterocycles. The van der Waals surface area contributed by atoms with Crippen LogP contribution in [-0.4, -0.2) is 34.6 Å². The molecule has 1 N–H and O–H groups in total. The Balaban J connectivity index is 2.13. The van der Waals surface area contributed by atoms with Gasteiger partial charge >= 0.3 is 0 Å². The molecule has 0 unspecified atom stereocenters. The summed E-state index contributed by atoms with van der Waals surface area (Å²) in [6.45, 7) is 2.48. The van der Waals surface area contributed by atoms with E-state index in [-0.39, 0.29) is 5.91 Å². The third-order valence-corrected chi connectivity index (χ3v) is 3.73. The largest absolute Gasteiger partial charge is 0.386 e. The second kappa shape index (κ2) is 4.02. The molecule has 0 saturated carbocycles. The minimum Gasteiger partial charge on any atom is -0.386 e. The Morgan fingerprint density at radius 2 is 2.19 bits per heavy atom. The van der Waals surface area contributed by atoms with Crippen LogP contribution in [0.1, 0.15) is 17.3 Å². The van der Waals surface area contributed by atoms with Gasteiger partial charge in [0.15, 0.2) is 0 Å². The maximum absolute atomic E-state index is 11.9. The van der Waals surface area contributed by atoms with E-state index in [1.807, 2.05) is 0 Å². The second-order valence-corrected chi connectivity index (χ2v) is 5.55. The summed E-state index contributed by atoms with van der Waals surface area (Å²) in [5, 5.41) is 10.1. The van der Waals surface area contributed by atoms with Crippen molar-refractivity contribution in [1.82, 2.24) is 4.90 Å². The fourth-order valence-electron chi connectivity index (χ4n) is 1.73. The zero-order valence-electron chi connectivity index (χ0n) is 8.70. The molecule has 1 aromatic carbocycles. The van der Waals surface area contributed by atoms with E-state index in [1.54, 1.807) is 30.0 Å². The molecule has 86 valence electrons. The van der Waals surface area contributed by atoms with Crippen LogP contribution < -0.4 is 0 Å². The molecule has 0 bridgehead atoms. The summed E-state index contributed by atoms with van der Waals surface area (Å²) < 4.78 is 0.701. The van der Waals surface area contributed by atoms with Crippen LogP contribution in [0.5, 0.6) is 0 Å². The molecule has 2 rings (SSSR count). The summed E-state index contributed by atoms with van der Waals surface area (Å²) in [6, 6.07) is 5.05. The smallest absolute Gasteiger partial charge is 0.254 e. The second-order valence-electron chi connectivity index (χ2n) is 4.29. The lowest BCUT2D eigenvalue weighted by atomic mass is 9.96. The highest BCUT2D eigenvalue weighted by Gasteiger charge is 2.39. The molecule has 0 atom stereocenters. The Labute approximate surface area is 107 Å². The van der Waals surface area contributed by atoms with E-state index in [2.05, 4.69) is 15.9 Å². The number of aliphatic hydroxyl groups is 1. The normalized spacial score (nSPS) is 18.1. The number of amides is 1. The highest BCUT2D eigenvalue weighted by atomic mass is 79.9. The lowest BCUT2D eigenvalue weighted by Gasteiger charge is -2.44. The van der Waals surface area contributed by atoms with Crippen molar-refractivity contribution in [2.24, 2.45) is 0 Å². The standard InChI is InChI=1S/C11H11BrClNO2/c1-11(16)5-14(6-11)10(15)7-2-3-9(13)8(12)4-7/h2-4,16H,5-6H2,1H3. The van der Waals surface area contributed by atoms with E-state index in [0.717, 1.165) is 0 Å². The third kappa shape index (κ3) is 2.24. The molecule has 1 saturated heterocycles. The fraction of sp³-hybridized carbons (Fsp3) is 0.364. The van der Waals surface area contributed by atoms with Gasteiger partial charge in [0.05, 0.1) is 23.7 Å². The van der Waals surface area contributed by atoms with Crippen LogP contribution in [0, 0.1) is 0 Å². The first-order valence-corrected chi connectivity index (χ1v) is 6.03. The molecule has 1 amide bonds. The molecule has 0 aromatic heterocycles. The summed E-state index contributed by atoms with van der Waals surface area (Å²) in [4.78, 5) is 13.5. The number of likely N-dealkylation sites (tertiary alicyclic amines) is 1. The van der Waals surface area contributed by atoms with E-state index in [0.29, 0.717) is 28.1 Å². The van der Waals surface area contributed by atoms with Crippen molar-refractivity contribution >= 4 is 33.4 Å². The van der Waals surface area contributed by atoms with Crippen LogP contribution in [0.2, 0.25) is 5.02 Å². The van der Waals surface area contributed by atoms with Crippen molar-refractivity contribution in [3.05, 3.63) is 33.3 Å². The number of carbonyl (C=O) groups is 1. The summed E-state index contributed by atoms with van der Waals surface area (Å²) in [5.74, 6) is -0.0797. The third-order valence-electron chi connectivity index (χ3n) is 2.52. The lowest BCUT2D eigenvalue weighted by molar-refractivity contribution is -0.0668. The number of hydrogen-bond acceptors (Lipinski definition) is 2. The Bertz CT molecular complexity index is 440. The van der Waals surface area contributed by atoms with E-state index in [9.17, 15) is 9.90 Å². The van der Waals surface area contributed by atoms with E-state index >= 15 is 0 Å². The van der Waals surface area contributed by atoms with Gasteiger partial charge in [-0.2, -0.15) is 0 Å². The Morgan fingerprint density at radius 1 is 1.56 bits per heavy atom. The highest BCUT2D eigenvalue weighted by Crippen LogP contribution is 2.26. The predicted octanol–water partition coefficient (Wildman–Crippen LogP) is 2.31. The Morgan fingerprint density at radius 3 is 2.69 bits per heavy atom. The first-order chi connectivity index (χ1) is 7.39. The van der Waals surface area contributed by atoms with Crippen molar-refractivity contribution in [3.63, 3.8) is 0 Å². The molecule has 1 fully saturated rings. The maximum Gasteiger partial charge on any atom is 0.254 e. The fourth-order valence-corrected chi connectivity index (χ4v) is 2.23. The lowest BCUT2D eigenvalue weighted by Crippen LogP contribution is -2.61. The van der Waals surface area contributed by atoms with Gasteiger partial charge in [0, 0.05) is 10.0 Å². The summed E-state index contributed by atoms with van der Waals surface area (Å²) in [6.07, 6.45) is 0. The Hall–Kier alpha value is -0.580. The van der Waals surface area contributed by atoms with Gasteiger partial charge in [0.2, 0.25) is 0 Å². The van der Waals surface area contributed by atoms with Crippen molar-refractivity contribution in [2.75, 3.05) is 13.1 Å². The number of benzene rings is 1. The van der Waals surface area contributed by atoms with Gasteiger partial charge in [-0.1, -0.05) is 11.6 Å². The molecular weight excluding hydrogens is 293 g/mol. The monoisotopic (exact) mass is 303 g/mol. The van der Waals surface area contributed by atoms with Gasteiger partial charge < -0.3 is 10.0 Å². The van der Waals surface area contributed by atoms with Crippen LogP contribution in [0.3, 0.4) is 0 Å². The topological polar surface area (TPSA) is 40.5 Å². The number of nitrogens with zero attached hydrogens (tertiary/aromatic N) is 1. The SMILES string of the molecule is CC1(O)CN(C(=O)c2ccc(Cl)c(Br)c2)C1. The average Bonchev–Trinajstić information content (AvgIpc) is 2.17. The Kier molecular flexibility index (Phi) is 2.99. The van der Waals surface area contributed by atoms with E-state index in [4.69, 9.17) is 11.6 Å². The summed E-state index contributed by atoms with van der Waals surface area (Å²) in [5.41, 5.74) is -0.161. The molecule has 1 aliphatic rings. The quantitative estimate of drug-likeness (QED) is 0.865. The summed E-state index contributed by atoms with van der Waals surface area (Å²) >= 11 is 9.12. The minimum absolute atomic E-state index is 0.0797. The molecule has 5 heteroatoms. The van der Waals surface area contributed by atoms with Crippen molar-refractivity contribution in [2.45, 2.75) is 12.5 Å². The zero-order valence-corrected chi connectivity index (χ0v) is 11.0. The number of hydrogen-bond donors (Lipinski definition) is 1. The van der Waals surface area contributed by atoms with Gasteiger partial charge in [-0.25, -0.2) is 0 Å². The molecular formula is C11H11BrClNO2. The van der Waals surface area contributed by atoms with Crippen molar-refractivity contribution in [3.8, 4) is 0 Å². The molecule has 0 aliphatic carbocycles. The predicted molar refractivity (Wildman–Crippen MR) is 65.7 cm³/mol. The molecule has 0 spiro atoms. The van der Waals surface area contributed by atoms with E-state index in [1.165, 1.54) is 0 Å². The van der Waals surface area contributed by atoms with Gasteiger partial charge in [-0.05, 0) is 41.1 Å². The number of carbonyl (C=O) groups excluding carboxylic acids is 1. The van der Waals surface area contributed by atoms with Gasteiger partial charge in [0.1, 0.15) is 0 Å². The molecule has 0 radical (unpaired) electrons. The van der Waals surface area contributed by atoms with Crippen molar-refractivity contribution in [1.29, 1.82) is 0 Å². The van der Waals surface area contributed by atoms with Crippen molar-refractivity contribution < 1.29 is 9.90 Å². The van der Waals surface area contributed by atoms with E-state index < -0.39 is 5.60 Å². The number of β-amino-alcohol motifs (C(OH)–C–C–N with tert-alkyl or cyclic N) is 1. The zero-order chi connectivity index (χ0) is 11.9. The number of halogens is 2. The van der Waals surface area contributed by atoms with Crippen LogP contribution in [-0.2, 0) is 0 Å². The average molecular weight is 305 g/mol. The van der Waals surface area contributed by atoms with Crippen LogP contribution >= 0.6 is 27.5 Å². The van der Waals surface area contributed by atoms with Gasteiger partial charge in [-0.3, -0.25) is 4.79 Å². The van der Waals surface area contributed by atoms with Crippen LogP contribution in [0.25, 0.3) is 0 Å². The highest BCUT2D eigenvalue weighted by molar-refractivity contribution is 9.10. The molecule has 3 nitrogen and oxygen atoms in total. The minimum atomic E-state index is -0.737. The van der Waals surface area contributed by atoms with Crippen LogP contribution in [0.4, 0.5) is 0 Å². The van der Waals surface area contributed by atoms with Gasteiger partial charge in [0.25, 0.3) is 5.91 Å². The van der Waals surface area contributed by atoms with Crippen LogP contribution in [0.15, 0.2) is 22.7 Å².